The summed E-state index contributed by atoms with van der Waals surface area (Å²) in [6, 6.07) is -0.243. The Morgan fingerprint density at radius 2 is 2.00 bits per heavy atom. The van der Waals surface area contributed by atoms with E-state index in [-0.39, 0.29) is 36.8 Å². The van der Waals surface area contributed by atoms with Crippen LogP contribution in [0.3, 0.4) is 0 Å². The molecule has 0 unspecified atom stereocenters. The van der Waals surface area contributed by atoms with E-state index in [0.29, 0.717) is 6.42 Å². The zero-order chi connectivity index (χ0) is 11.8. The van der Waals surface area contributed by atoms with E-state index in [2.05, 4.69) is 5.32 Å². The van der Waals surface area contributed by atoms with Crippen molar-refractivity contribution in [2.75, 3.05) is 0 Å². The Morgan fingerprint density at radius 1 is 1.31 bits per heavy atom. The Hall–Kier alpha value is -0.710. The van der Waals surface area contributed by atoms with Gasteiger partial charge < -0.3 is 11.1 Å². The Bertz CT molecular complexity index is 275. The van der Waals surface area contributed by atoms with Crippen LogP contribution in [0.1, 0.15) is 38.5 Å². The highest BCUT2D eigenvalue weighted by molar-refractivity contribution is 5.79. The summed E-state index contributed by atoms with van der Waals surface area (Å²) < 4.78 is 25.1. The molecule has 0 spiro atoms. The maximum atomic E-state index is 12.6. The Kier molecular flexibility index (Phi) is 3.15. The summed E-state index contributed by atoms with van der Waals surface area (Å²) in [7, 11) is 0. The molecule has 2 aliphatic rings. The number of carbonyl (C=O) groups excluding carboxylic acids is 1. The second kappa shape index (κ2) is 4.28. The van der Waals surface area contributed by atoms with Gasteiger partial charge in [-0.2, -0.15) is 0 Å². The van der Waals surface area contributed by atoms with Crippen LogP contribution in [0.25, 0.3) is 0 Å². The molecule has 1 amide bonds. The minimum atomic E-state index is -2.57. The van der Waals surface area contributed by atoms with Crippen LogP contribution in [0.15, 0.2) is 0 Å². The van der Waals surface area contributed by atoms with Crippen LogP contribution in [-0.2, 0) is 4.79 Å². The van der Waals surface area contributed by atoms with Gasteiger partial charge in [-0.05, 0) is 19.3 Å². The van der Waals surface area contributed by atoms with Gasteiger partial charge in [-0.25, -0.2) is 8.78 Å². The van der Waals surface area contributed by atoms with Gasteiger partial charge in [0.25, 0.3) is 5.92 Å². The number of nitrogens with one attached hydrogen (secondary N) is 1. The molecule has 3 nitrogen and oxygen atoms in total. The second-order valence-corrected chi connectivity index (χ2v) is 5.09. The Morgan fingerprint density at radius 3 is 2.56 bits per heavy atom. The van der Waals surface area contributed by atoms with Crippen molar-refractivity contribution in [3.63, 3.8) is 0 Å². The van der Waals surface area contributed by atoms with E-state index in [4.69, 9.17) is 5.73 Å². The molecule has 92 valence electrons. The summed E-state index contributed by atoms with van der Waals surface area (Å²) in [5, 5.41) is 2.69. The monoisotopic (exact) mass is 232 g/mol. The average molecular weight is 232 g/mol. The first-order valence-electron chi connectivity index (χ1n) is 5.90. The van der Waals surface area contributed by atoms with E-state index in [9.17, 15) is 13.6 Å². The minimum absolute atomic E-state index is 0.0713. The van der Waals surface area contributed by atoms with E-state index in [1.165, 1.54) is 0 Å². The van der Waals surface area contributed by atoms with Gasteiger partial charge in [-0.3, -0.25) is 4.79 Å². The predicted molar refractivity (Wildman–Crippen MR) is 56.0 cm³/mol. The van der Waals surface area contributed by atoms with Crippen LogP contribution >= 0.6 is 0 Å². The van der Waals surface area contributed by atoms with Crippen LogP contribution in [0.2, 0.25) is 0 Å². The zero-order valence-corrected chi connectivity index (χ0v) is 9.22. The number of hydrogen-bond acceptors (Lipinski definition) is 2. The smallest absolute Gasteiger partial charge is 0.252 e. The normalized spacial score (nSPS) is 34.2. The van der Waals surface area contributed by atoms with Gasteiger partial charge >= 0.3 is 0 Å². The zero-order valence-electron chi connectivity index (χ0n) is 9.22. The molecule has 2 saturated carbocycles. The fourth-order valence-electron chi connectivity index (χ4n) is 2.55. The number of hydrogen-bond donors (Lipinski definition) is 2. The van der Waals surface area contributed by atoms with Gasteiger partial charge in [0.1, 0.15) is 0 Å². The van der Waals surface area contributed by atoms with Gasteiger partial charge in [-0.1, -0.05) is 6.42 Å². The molecular formula is C11H18F2N2O. The van der Waals surface area contributed by atoms with Crippen LogP contribution < -0.4 is 11.1 Å². The fraction of sp³-hybridized carbons (Fsp3) is 0.909. The minimum Gasteiger partial charge on any atom is -0.353 e. The van der Waals surface area contributed by atoms with Crippen molar-refractivity contribution in [2.24, 2.45) is 11.7 Å². The summed E-state index contributed by atoms with van der Waals surface area (Å²) in [6.45, 7) is 0. The van der Waals surface area contributed by atoms with Crippen molar-refractivity contribution in [3.05, 3.63) is 0 Å². The third kappa shape index (κ3) is 2.70. The van der Waals surface area contributed by atoms with E-state index >= 15 is 0 Å². The second-order valence-electron chi connectivity index (χ2n) is 5.09. The van der Waals surface area contributed by atoms with E-state index < -0.39 is 5.92 Å². The molecule has 16 heavy (non-hydrogen) atoms. The molecule has 0 bridgehead atoms. The van der Waals surface area contributed by atoms with Crippen molar-refractivity contribution in [2.45, 2.75) is 56.5 Å². The molecule has 0 aromatic carbocycles. The number of carbonyl (C=O) groups is 1. The van der Waals surface area contributed by atoms with Crippen LogP contribution in [0.5, 0.6) is 0 Å². The van der Waals surface area contributed by atoms with Gasteiger partial charge in [-0.15, -0.1) is 0 Å². The topological polar surface area (TPSA) is 55.1 Å². The molecule has 0 heterocycles. The number of halogens is 2. The van der Waals surface area contributed by atoms with Gasteiger partial charge in [0.15, 0.2) is 0 Å². The van der Waals surface area contributed by atoms with Crippen molar-refractivity contribution in [3.8, 4) is 0 Å². The lowest BCUT2D eigenvalue weighted by molar-refractivity contribution is -0.133. The number of alkyl halides is 2. The Balaban J connectivity index is 1.76. The van der Waals surface area contributed by atoms with Crippen molar-refractivity contribution in [1.82, 2.24) is 5.32 Å². The summed E-state index contributed by atoms with van der Waals surface area (Å²) in [5.74, 6) is -2.73. The van der Waals surface area contributed by atoms with Crippen LogP contribution in [-0.4, -0.2) is 23.9 Å². The van der Waals surface area contributed by atoms with Crippen LogP contribution in [0.4, 0.5) is 8.78 Å². The van der Waals surface area contributed by atoms with E-state index in [1.807, 2.05) is 0 Å². The quantitative estimate of drug-likeness (QED) is 0.756. The lowest BCUT2D eigenvalue weighted by Gasteiger charge is -2.36. The highest BCUT2D eigenvalue weighted by atomic mass is 19.3. The number of nitrogens with two attached hydrogens (primary N) is 1. The van der Waals surface area contributed by atoms with Gasteiger partial charge in [0.05, 0.1) is 0 Å². The van der Waals surface area contributed by atoms with E-state index in [1.54, 1.807) is 0 Å². The summed E-state index contributed by atoms with van der Waals surface area (Å²) in [5.41, 5.74) is 5.78. The maximum Gasteiger partial charge on any atom is 0.252 e. The number of amides is 1. The average Bonchev–Trinajstić information content (AvgIpc) is 2.14. The molecule has 2 fully saturated rings. The summed E-state index contributed by atoms with van der Waals surface area (Å²) in [6.07, 6.45) is 3.03. The van der Waals surface area contributed by atoms with Gasteiger partial charge in [0, 0.05) is 30.8 Å². The predicted octanol–water partition coefficient (Wildman–Crippen LogP) is 1.42. The first-order valence-corrected chi connectivity index (χ1v) is 5.90. The summed E-state index contributed by atoms with van der Waals surface area (Å²) in [4.78, 5) is 11.7. The Labute approximate surface area is 93.8 Å². The highest BCUT2D eigenvalue weighted by Crippen LogP contribution is 2.37. The summed E-state index contributed by atoms with van der Waals surface area (Å²) >= 11 is 0. The molecule has 2 atom stereocenters. The SMILES string of the molecule is N[C@@H]1CCC[C@H](C(=O)NC2CC(F)(F)C2)C1. The highest BCUT2D eigenvalue weighted by Gasteiger charge is 2.46. The third-order valence-electron chi connectivity index (χ3n) is 3.52. The maximum absolute atomic E-state index is 12.6. The largest absolute Gasteiger partial charge is 0.353 e. The third-order valence-corrected chi connectivity index (χ3v) is 3.52. The fourth-order valence-corrected chi connectivity index (χ4v) is 2.55. The lowest BCUT2D eigenvalue weighted by atomic mass is 9.83. The van der Waals surface area contributed by atoms with Crippen molar-refractivity contribution in [1.29, 1.82) is 0 Å². The molecular weight excluding hydrogens is 214 g/mol. The first-order chi connectivity index (χ1) is 7.46. The van der Waals surface area contributed by atoms with Crippen LogP contribution in [0, 0.1) is 5.92 Å². The first kappa shape index (κ1) is 11.8. The van der Waals surface area contributed by atoms with Gasteiger partial charge in [0.2, 0.25) is 5.91 Å². The molecule has 0 aromatic heterocycles. The van der Waals surface area contributed by atoms with E-state index in [0.717, 1.165) is 19.3 Å². The van der Waals surface area contributed by atoms with Crippen molar-refractivity contribution >= 4 is 5.91 Å². The number of rotatable bonds is 2. The lowest BCUT2D eigenvalue weighted by Crippen LogP contribution is -2.52. The molecule has 5 heteroatoms. The van der Waals surface area contributed by atoms with Crippen molar-refractivity contribution < 1.29 is 13.6 Å². The molecule has 0 radical (unpaired) electrons. The molecule has 2 aliphatic carbocycles. The molecule has 2 rings (SSSR count). The molecule has 0 aliphatic heterocycles. The standard InChI is InChI=1S/C11H18F2N2O/c12-11(13)5-9(6-11)15-10(16)7-2-1-3-8(14)4-7/h7-9H,1-6,14H2,(H,15,16)/t7-,8+/m0/s1. The molecule has 0 saturated heterocycles. The molecule has 0 aromatic rings. The molecule has 3 N–H and O–H groups in total.